The minimum atomic E-state index is -1.31. The fourth-order valence-corrected chi connectivity index (χ4v) is 2.13. The van der Waals surface area contributed by atoms with E-state index in [1.54, 1.807) is 20.8 Å². The minimum absolute atomic E-state index is 0.267. The van der Waals surface area contributed by atoms with Crippen molar-refractivity contribution in [3.05, 3.63) is 0 Å². The third kappa shape index (κ3) is 2.54. The zero-order chi connectivity index (χ0) is 12.6. The summed E-state index contributed by atoms with van der Waals surface area (Å²) in [5.74, 6) is -1.37. The second-order valence-corrected chi connectivity index (χ2v) is 5.74. The summed E-state index contributed by atoms with van der Waals surface area (Å²) in [6, 6.07) is 0. The highest BCUT2D eigenvalue weighted by molar-refractivity contribution is 5.99. The van der Waals surface area contributed by atoms with Crippen LogP contribution in [0.1, 0.15) is 47.0 Å². The normalized spacial score (nSPS) is 30.1. The molecule has 0 bridgehead atoms. The van der Waals surface area contributed by atoms with E-state index in [9.17, 15) is 14.7 Å². The summed E-state index contributed by atoms with van der Waals surface area (Å²) in [5.41, 5.74) is -1.95. The SMILES string of the molecule is CC1CCC(C(=O)O)(C(=O)OC(C)(C)C)C1. The van der Waals surface area contributed by atoms with E-state index in [-0.39, 0.29) is 5.92 Å². The molecule has 0 aromatic rings. The van der Waals surface area contributed by atoms with Gasteiger partial charge in [0, 0.05) is 0 Å². The molecule has 0 amide bonds. The molecule has 1 saturated carbocycles. The number of esters is 1. The molecule has 2 atom stereocenters. The van der Waals surface area contributed by atoms with Crippen molar-refractivity contribution in [3.8, 4) is 0 Å². The Labute approximate surface area is 96.0 Å². The number of carboxylic acids is 1. The van der Waals surface area contributed by atoms with Gasteiger partial charge in [0.2, 0.25) is 0 Å². The average molecular weight is 228 g/mol. The molecule has 0 aromatic carbocycles. The molecule has 2 unspecified atom stereocenters. The minimum Gasteiger partial charge on any atom is -0.480 e. The van der Waals surface area contributed by atoms with Gasteiger partial charge in [-0.1, -0.05) is 6.92 Å². The van der Waals surface area contributed by atoms with Crippen LogP contribution >= 0.6 is 0 Å². The van der Waals surface area contributed by atoms with E-state index in [0.29, 0.717) is 12.8 Å². The Bertz CT molecular complexity index is 303. The van der Waals surface area contributed by atoms with Crippen LogP contribution in [0.3, 0.4) is 0 Å². The monoisotopic (exact) mass is 228 g/mol. The first-order valence-corrected chi connectivity index (χ1v) is 5.64. The summed E-state index contributed by atoms with van der Waals surface area (Å²) < 4.78 is 5.21. The van der Waals surface area contributed by atoms with Crippen LogP contribution in [0.5, 0.6) is 0 Å². The van der Waals surface area contributed by atoms with Gasteiger partial charge in [-0.2, -0.15) is 0 Å². The van der Waals surface area contributed by atoms with Gasteiger partial charge in [-0.15, -0.1) is 0 Å². The molecule has 4 heteroatoms. The molecule has 4 nitrogen and oxygen atoms in total. The van der Waals surface area contributed by atoms with Crippen LogP contribution in [0.4, 0.5) is 0 Å². The van der Waals surface area contributed by atoms with Crippen molar-refractivity contribution in [2.75, 3.05) is 0 Å². The predicted molar refractivity (Wildman–Crippen MR) is 58.9 cm³/mol. The molecule has 0 saturated heterocycles. The number of aliphatic carboxylic acids is 1. The van der Waals surface area contributed by atoms with Gasteiger partial charge in [0.15, 0.2) is 5.41 Å². The lowest BCUT2D eigenvalue weighted by Gasteiger charge is -2.28. The van der Waals surface area contributed by atoms with Gasteiger partial charge in [-0.25, -0.2) is 0 Å². The summed E-state index contributed by atoms with van der Waals surface area (Å²) in [6.07, 6.45) is 1.54. The first kappa shape index (κ1) is 13.0. The van der Waals surface area contributed by atoms with E-state index in [2.05, 4.69) is 0 Å². The van der Waals surface area contributed by atoms with Crippen molar-refractivity contribution in [3.63, 3.8) is 0 Å². The molecule has 1 aliphatic carbocycles. The van der Waals surface area contributed by atoms with Gasteiger partial charge in [-0.3, -0.25) is 9.59 Å². The van der Waals surface area contributed by atoms with Crippen molar-refractivity contribution in [1.82, 2.24) is 0 Å². The van der Waals surface area contributed by atoms with E-state index in [4.69, 9.17) is 4.74 Å². The second kappa shape index (κ2) is 4.07. The highest BCUT2D eigenvalue weighted by Crippen LogP contribution is 2.43. The maximum absolute atomic E-state index is 12.0. The van der Waals surface area contributed by atoms with Gasteiger partial charge in [0.1, 0.15) is 5.60 Å². The van der Waals surface area contributed by atoms with Gasteiger partial charge in [0.05, 0.1) is 0 Å². The fourth-order valence-electron chi connectivity index (χ4n) is 2.13. The lowest BCUT2D eigenvalue weighted by molar-refractivity contribution is -0.176. The Morgan fingerprint density at radius 1 is 1.38 bits per heavy atom. The number of carboxylic acid groups (broad SMARTS) is 1. The molecular formula is C12H20O4. The van der Waals surface area contributed by atoms with E-state index >= 15 is 0 Å². The smallest absolute Gasteiger partial charge is 0.324 e. The van der Waals surface area contributed by atoms with Crippen LogP contribution in [0, 0.1) is 11.3 Å². The largest absolute Gasteiger partial charge is 0.480 e. The Kier molecular flexibility index (Phi) is 3.31. The van der Waals surface area contributed by atoms with E-state index < -0.39 is 23.0 Å². The lowest BCUT2D eigenvalue weighted by atomic mass is 9.85. The van der Waals surface area contributed by atoms with Crippen LogP contribution in [0.2, 0.25) is 0 Å². The fraction of sp³-hybridized carbons (Fsp3) is 0.833. The standard InChI is InChI=1S/C12H20O4/c1-8-5-6-12(7-8,9(13)14)10(15)16-11(2,3)4/h8H,5-7H2,1-4H3,(H,13,14). The van der Waals surface area contributed by atoms with Gasteiger partial charge < -0.3 is 9.84 Å². The third-order valence-electron chi connectivity index (χ3n) is 2.96. The highest BCUT2D eigenvalue weighted by Gasteiger charge is 2.52. The number of rotatable bonds is 2. The maximum Gasteiger partial charge on any atom is 0.324 e. The molecule has 1 rings (SSSR count). The number of hydrogen-bond donors (Lipinski definition) is 1. The summed E-state index contributed by atoms with van der Waals surface area (Å²) in [6.45, 7) is 7.21. The van der Waals surface area contributed by atoms with Crippen LogP contribution in [0.15, 0.2) is 0 Å². The molecule has 0 heterocycles. The number of carbonyl (C=O) groups excluding carboxylic acids is 1. The molecule has 92 valence electrons. The van der Waals surface area contributed by atoms with Crippen LogP contribution in [-0.2, 0) is 14.3 Å². The first-order valence-electron chi connectivity index (χ1n) is 5.64. The number of hydrogen-bond acceptors (Lipinski definition) is 3. The lowest BCUT2D eigenvalue weighted by Crippen LogP contribution is -2.42. The van der Waals surface area contributed by atoms with Crippen molar-refractivity contribution in [1.29, 1.82) is 0 Å². The Balaban J connectivity index is 2.88. The second-order valence-electron chi connectivity index (χ2n) is 5.74. The molecule has 0 aliphatic heterocycles. The van der Waals surface area contributed by atoms with E-state index in [1.807, 2.05) is 6.92 Å². The summed E-state index contributed by atoms with van der Waals surface area (Å²) >= 11 is 0. The molecule has 0 spiro atoms. The topological polar surface area (TPSA) is 63.6 Å². The zero-order valence-electron chi connectivity index (χ0n) is 10.4. The van der Waals surface area contributed by atoms with Crippen molar-refractivity contribution >= 4 is 11.9 Å². The van der Waals surface area contributed by atoms with Crippen molar-refractivity contribution in [2.45, 2.75) is 52.6 Å². The summed E-state index contributed by atoms with van der Waals surface area (Å²) in [4.78, 5) is 23.3. The molecule has 0 aromatic heterocycles. The molecule has 1 N–H and O–H groups in total. The molecule has 0 radical (unpaired) electrons. The van der Waals surface area contributed by atoms with E-state index in [0.717, 1.165) is 6.42 Å². The number of ether oxygens (including phenoxy) is 1. The zero-order valence-corrected chi connectivity index (χ0v) is 10.4. The Morgan fingerprint density at radius 2 is 1.94 bits per heavy atom. The van der Waals surface area contributed by atoms with Crippen LogP contribution in [0.25, 0.3) is 0 Å². The molecular weight excluding hydrogens is 208 g/mol. The third-order valence-corrected chi connectivity index (χ3v) is 2.96. The predicted octanol–water partition coefficient (Wildman–Crippen LogP) is 2.22. The quantitative estimate of drug-likeness (QED) is 0.581. The van der Waals surface area contributed by atoms with Gasteiger partial charge in [0.25, 0.3) is 0 Å². The van der Waals surface area contributed by atoms with Crippen molar-refractivity contribution in [2.24, 2.45) is 11.3 Å². The van der Waals surface area contributed by atoms with E-state index in [1.165, 1.54) is 0 Å². The average Bonchev–Trinajstić information content (AvgIpc) is 2.45. The maximum atomic E-state index is 12.0. The summed E-state index contributed by atoms with van der Waals surface area (Å²) in [7, 11) is 0. The van der Waals surface area contributed by atoms with Gasteiger partial charge in [-0.05, 0) is 46.0 Å². The molecule has 1 aliphatic rings. The summed E-state index contributed by atoms with van der Waals surface area (Å²) in [5, 5.41) is 9.25. The van der Waals surface area contributed by atoms with Crippen LogP contribution < -0.4 is 0 Å². The van der Waals surface area contributed by atoms with Crippen LogP contribution in [-0.4, -0.2) is 22.6 Å². The van der Waals surface area contributed by atoms with Crippen molar-refractivity contribution < 1.29 is 19.4 Å². The number of carbonyl (C=O) groups is 2. The first-order chi connectivity index (χ1) is 7.17. The Morgan fingerprint density at radius 3 is 2.25 bits per heavy atom. The molecule has 1 fully saturated rings. The highest BCUT2D eigenvalue weighted by atomic mass is 16.6. The Hall–Kier alpha value is -1.06. The van der Waals surface area contributed by atoms with Gasteiger partial charge >= 0.3 is 11.9 Å². The molecule has 16 heavy (non-hydrogen) atoms.